The molecule has 0 bridgehead atoms. The Balaban J connectivity index is 2.14. The first-order valence-corrected chi connectivity index (χ1v) is 9.33. The zero-order chi connectivity index (χ0) is 18.7. The van der Waals surface area contributed by atoms with Crippen LogP contribution in [0.3, 0.4) is 0 Å². The second-order valence-corrected chi connectivity index (χ2v) is 7.13. The summed E-state index contributed by atoms with van der Waals surface area (Å²) in [7, 11) is 0. The Kier molecular flexibility index (Phi) is 5.68. The van der Waals surface area contributed by atoms with Crippen molar-refractivity contribution < 1.29 is 18.8 Å². The summed E-state index contributed by atoms with van der Waals surface area (Å²) >= 11 is 6.71. The number of hydrogen-bond donors (Lipinski definition) is 0. The third-order valence-corrected chi connectivity index (χ3v) is 4.66. The number of esters is 1. The average molecular weight is 479 g/mol. The van der Waals surface area contributed by atoms with E-state index in [-0.39, 0.29) is 23.7 Å². The lowest BCUT2D eigenvalue weighted by Crippen LogP contribution is -2.11. The van der Waals surface area contributed by atoms with Gasteiger partial charge in [0.1, 0.15) is 11.3 Å². The van der Waals surface area contributed by atoms with Gasteiger partial charge in [-0.1, -0.05) is 49.1 Å². The van der Waals surface area contributed by atoms with E-state index >= 15 is 0 Å². The molecule has 0 aliphatic rings. The van der Waals surface area contributed by atoms with Gasteiger partial charge in [-0.25, -0.2) is 4.79 Å². The van der Waals surface area contributed by atoms with Crippen LogP contribution in [0.4, 0.5) is 0 Å². The maximum atomic E-state index is 13.1. The van der Waals surface area contributed by atoms with Crippen LogP contribution in [0.5, 0.6) is 0 Å². The molecule has 0 N–H and O–H groups in total. The Morgan fingerprint density at radius 3 is 2.15 bits per heavy atom. The van der Waals surface area contributed by atoms with Crippen molar-refractivity contribution in [1.29, 1.82) is 0 Å². The molecule has 1 aromatic heterocycles. The molecule has 5 nitrogen and oxygen atoms in total. The minimum absolute atomic E-state index is 0.0908. The van der Waals surface area contributed by atoms with Crippen LogP contribution in [0, 0.1) is 0 Å². The summed E-state index contributed by atoms with van der Waals surface area (Å²) in [4.78, 5) is 25.3. The fraction of sp³-hybridized carbons (Fsp3) is 0.105. The molecule has 1 heterocycles. The molecule has 0 aliphatic carbocycles. The van der Waals surface area contributed by atoms with Gasteiger partial charge in [0.2, 0.25) is 0 Å². The Labute approximate surface area is 166 Å². The van der Waals surface area contributed by atoms with Crippen LogP contribution in [0.15, 0.2) is 62.0 Å². The predicted octanol–water partition coefficient (Wildman–Crippen LogP) is 5.27. The minimum atomic E-state index is -0.719. The Hall–Kier alpha value is -2.25. The summed E-state index contributed by atoms with van der Waals surface area (Å²) in [6, 6.07) is 14.1. The van der Waals surface area contributed by atoms with Gasteiger partial charge in [0.25, 0.3) is 5.76 Å². The van der Waals surface area contributed by atoms with E-state index in [9.17, 15) is 9.59 Å². The first-order chi connectivity index (χ1) is 12.5. The van der Waals surface area contributed by atoms with E-state index in [1.807, 2.05) is 12.1 Å². The summed E-state index contributed by atoms with van der Waals surface area (Å²) in [5.74, 6) is -1.28. The number of nitrogens with zero attached hydrogens (tertiary/aromatic N) is 1. The lowest BCUT2D eigenvalue weighted by Gasteiger charge is -2.05. The SMILES string of the molecule is CCOC(=O)c1onc(-c2ccc(Br)cc2)c1C(=O)c1ccc(Br)cc1. The maximum Gasteiger partial charge on any atom is 0.377 e. The highest BCUT2D eigenvalue weighted by Gasteiger charge is 2.30. The molecule has 0 fully saturated rings. The Morgan fingerprint density at radius 2 is 1.58 bits per heavy atom. The summed E-state index contributed by atoms with van der Waals surface area (Å²) in [5.41, 5.74) is 1.47. The molecule has 26 heavy (non-hydrogen) atoms. The zero-order valence-electron chi connectivity index (χ0n) is 13.7. The van der Waals surface area contributed by atoms with E-state index in [2.05, 4.69) is 37.0 Å². The molecule has 3 aromatic rings. The van der Waals surface area contributed by atoms with Crippen molar-refractivity contribution in [2.45, 2.75) is 6.92 Å². The summed E-state index contributed by atoms with van der Waals surface area (Å²) in [6.45, 7) is 1.85. The second-order valence-electron chi connectivity index (χ2n) is 5.30. The van der Waals surface area contributed by atoms with Gasteiger partial charge in [-0.05, 0) is 43.3 Å². The third-order valence-electron chi connectivity index (χ3n) is 3.60. The number of carbonyl (C=O) groups excluding carboxylic acids is 2. The van der Waals surface area contributed by atoms with E-state index in [1.165, 1.54) is 0 Å². The van der Waals surface area contributed by atoms with Crippen LogP contribution in [-0.2, 0) is 4.74 Å². The first kappa shape index (κ1) is 18.5. The fourth-order valence-electron chi connectivity index (χ4n) is 2.39. The van der Waals surface area contributed by atoms with Crippen molar-refractivity contribution in [3.63, 3.8) is 0 Å². The molecule has 0 saturated heterocycles. The lowest BCUT2D eigenvalue weighted by molar-refractivity contribution is 0.0476. The molecule has 2 aromatic carbocycles. The quantitative estimate of drug-likeness (QED) is 0.369. The summed E-state index contributed by atoms with van der Waals surface area (Å²) in [6.07, 6.45) is 0. The van der Waals surface area contributed by atoms with E-state index in [0.29, 0.717) is 16.8 Å². The normalized spacial score (nSPS) is 10.6. The van der Waals surface area contributed by atoms with Crippen LogP contribution in [-0.4, -0.2) is 23.5 Å². The predicted molar refractivity (Wildman–Crippen MR) is 103 cm³/mol. The number of aromatic nitrogens is 1. The van der Waals surface area contributed by atoms with Gasteiger partial charge >= 0.3 is 5.97 Å². The number of benzene rings is 2. The largest absolute Gasteiger partial charge is 0.460 e. The van der Waals surface area contributed by atoms with Gasteiger partial charge in [-0.15, -0.1) is 0 Å². The molecule has 0 spiro atoms. The van der Waals surface area contributed by atoms with Crippen molar-refractivity contribution in [3.05, 3.63) is 74.4 Å². The second kappa shape index (κ2) is 7.97. The zero-order valence-corrected chi connectivity index (χ0v) is 16.8. The van der Waals surface area contributed by atoms with Crippen molar-refractivity contribution >= 4 is 43.6 Å². The Bertz CT molecular complexity index is 947. The van der Waals surface area contributed by atoms with Gasteiger partial charge < -0.3 is 9.26 Å². The molecule has 0 atom stereocenters. The number of hydrogen-bond acceptors (Lipinski definition) is 5. The molecular weight excluding hydrogens is 466 g/mol. The number of halogens is 2. The van der Waals surface area contributed by atoms with Crippen LogP contribution in [0.2, 0.25) is 0 Å². The molecular formula is C19H13Br2NO4. The van der Waals surface area contributed by atoms with Crippen molar-refractivity contribution in [3.8, 4) is 11.3 Å². The topological polar surface area (TPSA) is 69.4 Å². The van der Waals surface area contributed by atoms with Crippen molar-refractivity contribution in [2.24, 2.45) is 0 Å². The van der Waals surface area contributed by atoms with Crippen LogP contribution < -0.4 is 0 Å². The van der Waals surface area contributed by atoms with Gasteiger partial charge in [0.15, 0.2) is 5.78 Å². The highest BCUT2D eigenvalue weighted by atomic mass is 79.9. The number of carbonyl (C=O) groups is 2. The van der Waals surface area contributed by atoms with Crippen LogP contribution >= 0.6 is 31.9 Å². The van der Waals surface area contributed by atoms with Gasteiger partial charge in [0, 0.05) is 20.1 Å². The van der Waals surface area contributed by atoms with Crippen LogP contribution in [0.1, 0.15) is 33.4 Å². The summed E-state index contributed by atoms with van der Waals surface area (Å²) in [5, 5.41) is 3.96. The Morgan fingerprint density at radius 1 is 1.00 bits per heavy atom. The number of ether oxygens (including phenoxy) is 1. The molecule has 7 heteroatoms. The average Bonchev–Trinajstić information content (AvgIpc) is 3.07. The number of rotatable bonds is 5. The van der Waals surface area contributed by atoms with E-state index < -0.39 is 5.97 Å². The molecule has 0 radical (unpaired) electrons. The molecule has 0 amide bonds. The molecule has 0 saturated carbocycles. The van der Waals surface area contributed by atoms with E-state index in [0.717, 1.165) is 8.95 Å². The number of ketones is 1. The van der Waals surface area contributed by atoms with E-state index in [4.69, 9.17) is 9.26 Å². The van der Waals surface area contributed by atoms with Gasteiger partial charge in [-0.3, -0.25) is 4.79 Å². The minimum Gasteiger partial charge on any atom is -0.460 e. The maximum absolute atomic E-state index is 13.1. The van der Waals surface area contributed by atoms with Crippen molar-refractivity contribution in [2.75, 3.05) is 6.61 Å². The smallest absolute Gasteiger partial charge is 0.377 e. The van der Waals surface area contributed by atoms with Crippen LogP contribution in [0.25, 0.3) is 11.3 Å². The summed E-state index contributed by atoms with van der Waals surface area (Å²) < 4.78 is 11.9. The standard InChI is InChI=1S/C19H13Br2NO4/c1-2-25-19(24)18-15(17(23)12-5-9-14(21)10-6-12)16(22-26-18)11-3-7-13(20)8-4-11/h3-10H,2H2,1H3. The fourth-order valence-corrected chi connectivity index (χ4v) is 2.92. The highest BCUT2D eigenvalue weighted by Crippen LogP contribution is 2.29. The molecule has 3 rings (SSSR count). The molecule has 0 aliphatic heterocycles. The monoisotopic (exact) mass is 477 g/mol. The molecule has 132 valence electrons. The van der Waals surface area contributed by atoms with Crippen molar-refractivity contribution in [1.82, 2.24) is 5.16 Å². The van der Waals surface area contributed by atoms with Gasteiger partial charge in [-0.2, -0.15) is 0 Å². The molecule has 0 unspecified atom stereocenters. The highest BCUT2D eigenvalue weighted by molar-refractivity contribution is 9.10. The third kappa shape index (κ3) is 3.78. The first-order valence-electron chi connectivity index (χ1n) is 7.74. The lowest BCUT2D eigenvalue weighted by atomic mass is 9.98. The van der Waals surface area contributed by atoms with Gasteiger partial charge in [0.05, 0.1) is 6.61 Å². The van der Waals surface area contributed by atoms with E-state index in [1.54, 1.807) is 43.3 Å².